The molecule has 0 N–H and O–H groups in total. The quantitative estimate of drug-likeness (QED) is 0.681. The lowest BCUT2D eigenvalue weighted by Gasteiger charge is -2.07. The van der Waals surface area contributed by atoms with Gasteiger partial charge >= 0.3 is 5.97 Å². The molecule has 0 spiro atoms. The van der Waals surface area contributed by atoms with Gasteiger partial charge < -0.3 is 9.26 Å². The summed E-state index contributed by atoms with van der Waals surface area (Å²) >= 11 is 0. The molecule has 0 saturated carbocycles. The van der Waals surface area contributed by atoms with E-state index in [-0.39, 0.29) is 12.2 Å². The SMILES string of the molecule is Cc1noc(C)c1COC(=O)c1ccc2c(=O)n3c(nc2c1)CCC3. The van der Waals surface area contributed by atoms with Crippen molar-refractivity contribution in [2.75, 3.05) is 0 Å². The highest BCUT2D eigenvalue weighted by molar-refractivity contribution is 5.94. The number of rotatable bonds is 3. The fourth-order valence-corrected chi connectivity index (χ4v) is 3.14. The lowest BCUT2D eigenvalue weighted by atomic mass is 10.1. The third-order valence-corrected chi connectivity index (χ3v) is 4.58. The minimum Gasteiger partial charge on any atom is -0.457 e. The molecule has 3 aromatic rings. The second-order valence-corrected chi connectivity index (χ2v) is 6.20. The van der Waals surface area contributed by atoms with E-state index in [1.54, 1.807) is 36.6 Å². The number of hydrogen-bond acceptors (Lipinski definition) is 6. The van der Waals surface area contributed by atoms with Crippen molar-refractivity contribution in [3.05, 3.63) is 57.0 Å². The molecule has 0 unspecified atom stereocenters. The second kappa shape index (κ2) is 5.84. The largest absolute Gasteiger partial charge is 0.457 e. The molecule has 128 valence electrons. The van der Waals surface area contributed by atoms with Gasteiger partial charge in [0.15, 0.2) is 0 Å². The Labute approximate surface area is 143 Å². The summed E-state index contributed by atoms with van der Waals surface area (Å²) in [6.45, 7) is 4.38. The van der Waals surface area contributed by atoms with Gasteiger partial charge in [0.2, 0.25) is 0 Å². The van der Waals surface area contributed by atoms with Crippen LogP contribution < -0.4 is 5.56 Å². The second-order valence-electron chi connectivity index (χ2n) is 6.20. The average molecular weight is 339 g/mol. The summed E-state index contributed by atoms with van der Waals surface area (Å²) in [5, 5.41) is 4.36. The van der Waals surface area contributed by atoms with E-state index in [4.69, 9.17) is 9.26 Å². The van der Waals surface area contributed by atoms with Crippen LogP contribution in [-0.4, -0.2) is 20.7 Å². The Hall–Kier alpha value is -2.96. The number of nitrogens with zero attached hydrogens (tertiary/aromatic N) is 3. The first kappa shape index (κ1) is 15.6. The van der Waals surface area contributed by atoms with Gasteiger partial charge in [0.25, 0.3) is 5.56 Å². The molecule has 0 saturated heterocycles. The summed E-state index contributed by atoms with van der Waals surface area (Å²) in [6.07, 6.45) is 1.71. The lowest BCUT2D eigenvalue weighted by Crippen LogP contribution is -2.21. The van der Waals surface area contributed by atoms with E-state index < -0.39 is 5.97 Å². The number of ether oxygens (including phenoxy) is 1. The van der Waals surface area contributed by atoms with Crippen LogP contribution in [0.5, 0.6) is 0 Å². The Morgan fingerprint density at radius 1 is 1.36 bits per heavy atom. The molecule has 2 aromatic heterocycles. The third-order valence-electron chi connectivity index (χ3n) is 4.58. The molecule has 25 heavy (non-hydrogen) atoms. The summed E-state index contributed by atoms with van der Waals surface area (Å²) in [6, 6.07) is 4.86. The van der Waals surface area contributed by atoms with Crippen LogP contribution in [0.4, 0.5) is 0 Å². The van der Waals surface area contributed by atoms with Crippen molar-refractivity contribution in [3.63, 3.8) is 0 Å². The van der Waals surface area contributed by atoms with E-state index in [2.05, 4.69) is 10.1 Å². The monoisotopic (exact) mass is 339 g/mol. The van der Waals surface area contributed by atoms with Gasteiger partial charge in [-0.2, -0.15) is 0 Å². The Balaban J connectivity index is 1.62. The fourth-order valence-electron chi connectivity index (χ4n) is 3.14. The topological polar surface area (TPSA) is 87.2 Å². The number of carbonyl (C=O) groups excluding carboxylic acids is 1. The predicted molar refractivity (Wildman–Crippen MR) is 89.4 cm³/mol. The van der Waals surface area contributed by atoms with Gasteiger partial charge in [0.05, 0.1) is 27.7 Å². The first-order chi connectivity index (χ1) is 12.0. The molecule has 0 radical (unpaired) electrons. The fraction of sp³-hybridized carbons (Fsp3) is 0.333. The molecule has 0 amide bonds. The van der Waals surface area contributed by atoms with E-state index in [1.165, 1.54) is 0 Å². The summed E-state index contributed by atoms with van der Waals surface area (Å²) in [5.41, 5.74) is 2.32. The number of aromatic nitrogens is 3. The maximum Gasteiger partial charge on any atom is 0.338 e. The van der Waals surface area contributed by atoms with Crippen LogP contribution in [0.2, 0.25) is 0 Å². The zero-order valence-electron chi connectivity index (χ0n) is 14.0. The number of fused-ring (bicyclic) bond motifs is 2. The Bertz CT molecular complexity index is 1030. The molecule has 1 aromatic carbocycles. The van der Waals surface area contributed by atoms with Gasteiger partial charge in [-0.15, -0.1) is 0 Å². The molecule has 7 nitrogen and oxygen atoms in total. The van der Waals surface area contributed by atoms with Crippen molar-refractivity contribution in [3.8, 4) is 0 Å². The summed E-state index contributed by atoms with van der Waals surface area (Å²) in [5.74, 6) is 0.942. The Morgan fingerprint density at radius 3 is 2.96 bits per heavy atom. The molecule has 1 aliphatic heterocycles. The van der Waals surface area contributed by atoms with Crippen molar-refractivity contribution < 1.29 is 14.1 Å². The molecular weight excluding hydrogens is 322 g/mol. The minimum absolute atomic E-state index is 0.0480. The summed E-state index contributed by atoms with van der Waals surface area (Å²) in [7, 11) is 0. The zero-order valence-corrected chi connectivity index (χ0v) is 14.0. The molecule has 0 fully saturated rings. The highest BCUT2D eigenvalue weighted by atomic mass is 16.5. The van der Waals surface area contributed by atoms with Crippen molar-refractivity contribution in [1.29, 1.82) is 0 Å². The number of aryl methyl sites for hydroxylation is 3. The van der Waals surface area contributed by atoms with Crippen LogP contribution in [-0.2, 0) is 24.3 Å². The van der Waals surface area contributed by atoms with Gasteiger partial charge in [-0.1, -0.05) is 5.16 Å². The van der Waals surface area contributed by atoms with Gasteiger partial charge in [-0.3, -0.25) is 9.36 Å². The molecule has 0 aliphatic carbocycles. The van der Waals surface area contributed by atoms with Crippen LogP contribution in [0, 0.1) is 13.8 Å². The van der Waals surface area contributed by atoms with E-state index in [0.717, 1.165) is 24.2 Å². The van der Waals surface area contributed by atoms with Crippen LogP contribution in [0.1, 0.15) is 39.6 Å². The van der Waals surface area contributed by atoms with E-state index in [0.29, 0.717) is 34.5 Å². The molecule has 7 heteroatoms. The van der Waals surface area contributed by atoms with E-state index in [9.17, 15) is 9.59 Å². The van der Waals surface area contributed by atoms with Crippen molar-refractivity contribution in [1.82, 2.24) is 14.7 Å². The maximum atomic E-state index is 12.4. The van der Waals surface area contributed by atoms with Crippen LogP contribution in [0.3, 0.4) is 0 Å². The van der Waals surface area contributed by atoms with E-state index in [1.807, 2.05) is 0 Å². The smallest absolute Gasteiger partial charge is 0.338 e. The molecule has 4 rings (SSSR count). The summed E-state index contributed by atoms with van der Waals surface area (Å²) in [4.78, 5) is 29.3. The van der Waals surface area contributed by atoms with Gasteiger partial charge in [0.1, 0.15) is 18.2 Å². The van der Waals surface area contributed by atoms with Gasteiger partial charge in [-0.25, -0.2) is 9.78 Å². The highest BCUT2D eigenvalue weighted by Gasteiger charge is 2.18. The van der Waals surface area contributed by atoms with Crippen LogP contribution in [0.15, 0.2) is 27.5 Å². The molecular formula is C18H17N3O4. The maximum absolute atomic E-state index is 12.4. The number of hydrogen-bond donors (Lipinski definition) is 0. The Morgan fingerprint density at radius 2 is 2.20 bits per heavy atom. The van der Waals surface area contributed by atoms with Crippen LogP contribution in [0.25, 0.3) is 10.9 Å². The van der Waals surface area contributed by atoms with Crippen molar-refractivity contribution in [2.45, 2.75) is 39.8 Å². The highest BCUT2D eigenvalue weighted by Crippen LogP contribution is 2.18. The van der Waals surface area contributed by atoms with Crippen molar-refractivity contribution in [2.24, 2.45) is 0 Å². The average Bonchev–Trinajstić information content (AvgIpc) is 3.19. The van der Waals surface area contributed by atoms with Gasteiger partial charge in [0, 0.05) is 13.0 Å². The molecule has 1 aliphatic rings. The van der Waals surface area contributed by atoms with Gasteiger partial charge in [-0.05, 0) is 38.5 Å². The van der Waals surface area contributed by atoms with Crippen LogP contribution >= 0.6 is 0 Å². The van der Waals surface area contributed by atoms with Crippen molar-refractivity contribution >= 4 is 16.9 Å². The standard InChI is InChI=1S/C18H17N3O4/c1-10-14(11(2)25-20-10)9-24-18(23)12-5-6-13-15(8-12)19-16-4-3-7-21(16)17(13)22/h5-6,8H,3-4,7,9H2,1-2H3. The predicted octanol–water partition coefficient (Wildman–Crippen LogP) is 2.30. The normalized spacial score (nSPS) is 13.2. The lowest BCUT2D eigenvalue weighted by molar-refractivity contribution is 0.0471. The molecule has 0 atom stereocenters. The Kier molecular flexibility index (Phi) is 3.63. The number of benzene rings is 1. The molecule has 3 heterocycles. The summed E-state index contributed by atoms with van der Waals surface area (Å²) < 4.78 is 12.1. The molecule has 0 bridgehead atoms. The number of esters is 1. The minimum atomic E-state index is -0.468. The number of carbonyl (C=O) groups is 1. The zero-order chi connectivity index (χ0) is 17.6. The first-order valence-electron chi connectivity index (χ1n) is 8.17. The third kappa shape index (κ3) is 2.61. The van der Waals surface area contributed by atoms with E-state index >= 15 is 0 Å². The first-order valence-corrected chi connectivity index (χ1v) is 8.17.